The lowest BCUT2D eigenvalue weighted by Crippen LogP contribution is -2.16. The number of halogens is 3. The van der Waals surface area contributed by atoms with Gasteiger partial charge in [0.1, 0.15) is 17.2 Å². The third kappa shape index (κ3) is 6.24. The lowest BCUT2D eigenvalue weighted by atomic mass is 10.1. The van der Waals surface area contributed by atoms with Gasteiger partial charge in [-0.05, 0) is 67.6 Å². The predicted octanol–water partition coefficient (Wildman–Crippen LogP) is 4.80. The number of anilines is 1. The van der Waals surface area contributed by atoms with Crippen LogP contribution in [0.5, 0.6) is 17.2 Å². The van der Waals surface area contributed by atoms with E-state index in [-0.39, 0.29) is 27.6 Å². The summed E-state index contributed by atoms with van der Waals surface area (Å²) in [4.78, 5) is 12.6. The fourth-order valence-corrected chi connectivity index (χ4v) is 3.38. The summed E-state index contributed by atoms with van der Waals surface area (Å²) in [5.41, 5.74) is -1.12. The first-order chi connectivity index (χ1) is 15.5. The van der Waals surface area contributed by atoms with Gasteiger partial charge in [0.2, 0.25) is 10.0 Å². The monoisotopic (exact) mass is 480 g/mol. The first kappa shape index (κ1) is 24.1. The van der Waals surface area contributed by atoms with E-state index in [4.69, 9.17) is 14.6 Å². The molecule has 3 aromatic carbocycles. The van der Waals surface area contributed by atoms with E-state index >= 15 is 0 Å². The van der Waals surface area contributed by atoms with Crippen molar-refractivity contribution in [1.29, 1.82) is 0 Å². The molecule has 11 heteroatoms. The Kier molecular flexibility index (Phi) is 6.94. The number of nitrogens with one attached hydrogen (secondary N) is 1. The molecule has 0 heterocycles. The normalized spacial score (nSPS) is 11.7. The highest BCUT2D eigenvalue weighted by atomic mass is 32.2. The summed E-state index contributed by atoms with van der Waals surface area (Å²) in [6.07, 6.45) is -4.66. The second-order valence-corrected chi connectivity index (χ2v) is 8.30. The molecule has 0 aliphatic heterocycles. The van der Waals surface area contributed by atoms with Crippen molar-refractivity contribution in [2.45, 2.75) is 18.0 Å². The number of sulfonamides is 1. The Morgan fingerprint density at radius 3 is 2.27 bits per heavy atom. The topological polar surface area (TPSA) is 108 Å². The van der Waals surface area contributed by atoms with Crippen LogP contribution in [0.2, 0.25) is 0 Å². The van der Waals surface area contributed by atoms with Gasteiger partial charge in [0.05, 0.1) is 22.6 Å². The van der Waals surface area contributed by atoms with E-state index < -0.39 is 27.7 Å². The fourth-order valence-electron chi connectivity index (χ4n) is 2.82. The Hall–Kier alpha value is -3.57. The van der Waals surface area contributed by atoms with Crippen molar-refractivity contribution in [3.63, 3.8) is 0 Å². The van der Waals surface area contributed by atoms with Crippen LogP contribution in [-0.2, 0) is 16.2 Å². The van der Waals surface area contributed by atoms with Crippen molar-refractivity contribution < 1.29 is 35.9 Å². The molecule has 0 saturated carbocycles. The molecule has 0 aliphatic carbocycles. The van der Waals surface area contributed by atoms with E-state index in [0.29, 0.717) is 18.4 Å². The van der Waals surface area contributed by atoms with Gasteiger partial charge in [-0.2, -0.15) is 13.2 Å². The van der Waals surface area contributed by atoms with Gasteiger partial charge in [0.25, 0.3) is 5.91 Å². The molecular formula is C22H19F3N2O5S. The maximum Gasteiger partial charge on any atom is 0.416 e. The van der Waals surface area contributed by atoms with Gasteiger partial charge in [-0.15, -0.1) is 0 Å². The number of carbonyl (C=O) groups excluding carboxylic acids is 1. The molecule has 0 radical (unpaired) electrons. The number of amides is 1. The van der Waals surface area contributed by atoms with Gasteiger partial charge >= 0.3 is 6.18 Å². The second-order valence-electron chi connectivity index (χ2n) is 6.74. The molecule has 3 rings (SSSR count). The molecule has 0 spiro atoms. The summed E-state index contributed by atoms with van der Waals surface area (Å²) in [7, 11) is -4.02. The molecule has 0 bridgehead atoms. The van der Waals surface area contributed by atoms with Crippen molar-refractivity contribution in [2.75, 3.05) is 11.9 Å². The Bertz CT molecular complexity index is 1260. The average Bonchev–Trinajstić information content (AvgIpc) is 2.74. The van der Waals surface area contributed by atoms with Crippen LogP contribution in [0.25, 0.3) is 0 Å². The smallest absolute Gasteiger partial charge is 0.416 e. The Morgan fingerprint density at radius 2 is 1.67 bits per heavy atom. The van der Waals surface area contributed by atoms with Gasteiger partial charge < -0.3 is 14.8 Å². The van der Waals surface area contributed by atoms with E-state index in [2.05, 4.69) is 5.32 Å². The van der Waals surface area contributed by atoms with Gasteiger partial charge in [-0.3, -0.25) is 4.79 Å². The van der Waals surface area contributed by atoms with Crippen LogP contribution in [0.3, 0.4) is 0 Å². The summed E-state index contributed by atoms with van der Waals surface area (Å²) < 4.78 is 73.7. The van der Waals surface area contributed by atoms with Crippen molar-refractivity contribution in [2.24, 2.45) is 5.14 Å². The van der Waals surface area contributed by atoms with Gasteiger partial charge in [0, 0.05) is 5.69 Å². The zero-order valence-corrected chi connectivity index (χ0v) is 18.0. The van der Waals surface area contributed by atoms with E-state index in [1.807, 2.05) is 0 Å². The average molecular weight is 480 g/mol. The maximum atomic E-state index is 13.2. The largest absolute Gasteiger partial charge is 0.494 e. The van der Waals surface area contributed by atoms with Crippen LogP contribution < -0.4 is 19.9 Å². The van der Waals surface area contributed by atoms with E-state index in [1.54, 1.807) is 19.1 Å². The summed E-state index contributed by atoms with van der Waals surface area (Å²) >= 11 is 0. The van der Waals surface area contributed by atoms with Crippen LogP contribution in [0.15, 0.2) is 71.6 Å². The first-order valence-corrected chi connectivity index (χ1v) is 11.1. The van der Waals surface area contributed by atoms with Gasteiger partial charge in [-0.25, -0.2) is 13.6 Å². The zero-order chi connectivity index (χ0) is 24.2. The minimum Gasteiger partial charge on any atom is -0.494 e. The molecule has 33 heavy (non-hydrogen) atoms. The standard InChI is InChI=1S/C22H19F3N2O5S/c1-2-31-16-7-9-17(10-8-16)32-20-12-14(22(23,24)25)6-11-19(20)21(28)27-15-4-3-5-18(13-15)33(26,29)30/h3-13H,2H2,1H3,(H,27,28)(H2,26,29,30). The summed E-state index contributed by atoms with van der Waals surface area (Å²) in [6, 6.07) is 13.7. The molecule has 0 aliphatic rings. The number of nitrogens with two attached hydrogens (primary N) is 1. The highest BCUT2D eigenvalue weighted by Crippen LogP contribution is 2.35. The van der Waals surface area contributed by atoms with Gasteiger partial charge in [-0.1, -0.05) is 6.07 Å². The van der Waals surface area contributed by atoms with Crippen LogP contribution in [0.4, 0.5) is 18.9 Å². The van der Waals surface area contributed by atoms with Crippen molar-refractivity contribution in [3.05, 3.63) is 77.9 Å². The minimum absolute atomic E-state index is 0.0819. The molecule has 0 aromatic heterocycles. The number of primary sulfonamides is 1. The first-order valence-electron chi connectivity index (χ1n) is 9.53. The number of ether oxygens (including phenoxy) is 2. The van der Waals surface area contributed by atoms with Gasteiger partial charge in [0.15, 0.2) is 0 Å². The molecule has 0 fully saturated rings. The number of hydrogen-bond donors (Lipinski definition) is 2. The van der Waals surface area contributed by atoms with Crippen LogP contribution in [0.1, 0.15) is 22.8 Å². The number of benzene rings is 3. The molecule has 174 valence electrons. The van der Waals surface area contributed by atoms with E-state index in [1.165, 1.54) is 30.3 Å². The molecular weight excluding hydrogens is 461 g/mol. The number of alkyl halides is 3. The van der Waals surface area contributed by atoms with Crippen molar-refractivity contribution in [3.8, 4) is 17.2 Å². The lowest BCUT2D eigenvalue weighted by molar-refractivity contribution is -0.137. The molecule has 3 aromatic rings. The molecule has 7 nitrogen and oxygen atoms in total. The minimum atomic E-state index is -4.66. The van der Waals surface area contributed by atoms with Crippen molar-refractivity contribution >= 4 is 21.6 Å². The highest BCUT2D eigenvalue weighted by molar-refractivity contribution is 7.89. The Labute approximate surface area is 188 Å². The fraction of sp³-hybridized carbons (Fsp3) is 0.136. The Balaban J connectivity index is 1.94. The quantitative estimate of drug-likeness (QED) is 0.505. The van der Waals surface area contributed by atoms with Crippen LogP contribution >= 0.6 is 0 Å². The molecule has 0 atom stereocenters. The molecule has 0 unspecified atom stereocenters. The van der Waals surface area contributed by atoms with E-state index in [0.717, 1.165) is 18.2 Å². The molecule has 0 saturated heterocycles. The predicted molar refractivity (Wildman–Crippen MR) is 115 cm³/mol. The Morgan fingerprint density at radius 1 is 1.00 bits per heavy atom. The third-order valence-electron chi connectivity index (χ3n) is 4.34. The molecule has 3 N–H and O–H groups in total. The molecule has 1 amide bonds. The van der Waals surface area contributed by atoms with Crippen LogP contribution in [-0.4, -0.2) is 20.9 Å². The van der Waals surface area contributed by atoms with E-state index in [9.17, 15) is 26.4 Å². The number of carbonyl (C=O) groups is 1. The number of rotatable bonds is 7. The second kappa shape index (κ2) is 9.51. The van der Waals surface area contributed by atoms with Crippen molar-refractivity contribution in [1.82, 2.24) is 0 Å². The third-order valence-corrected chi connectivity index (χ3v) is 5.25. The maximum absolute atomic E-state index is 13.2. The number of hydrogen-bond acceptors (Lipinski definition) is 5. The summed E-state index contributed by atoms with van der Waals surface area (Å²) in [5, 5.41) is 7.53. The highest BCUT2D eigenvalue weighted by Gasteiger charge is 2.32. The summed E-state index contributed by atoms with van der Waals surface area (Å²) in [6.45, 7) is 2.24. The van der Waals surface area contributed by atoms with Crippen LogP contribution in [0, 0.1) is 0 Å². The lowest BCUT2D eigenvalue weighted by Gasteiger charge is -2.15. The zero-order valence-electron chi connectivity index (χ0n) is 17.2. The summed E-state index contributed by atoms with van der Waals surface area (Å²) in [5.74, 6) is -0.421. The SMILES string of the molecule is CCOc1ccc(Oc2cc(C(F)(F)F)ccc2C(=O)Nc2cccc(S(N)(=O)=O)c2)cc1.